The Hall–Kier alpha value is -0.240. The van der Waals surface area contributed by atoms with Crippen LogP contribution in [0, 0.1) is 0 Å². The fourth-order valence-electron chi connectivity index (χ4n) is 1.13. The molecule has 1 aromatic rings. The van der Waals surface area contributed by atoms with E-state index in [2.05, 4.69) is 6.92 Å². The molecular formula is C10H13Cl2N. The Balaban J connectivity index is 2.87. The molecule has 0 fully saturated rings. The minimum atomic E-state index is 0.136. The van der Waals surface area contributed by atoms with Crippen molar-refractivity contribution < 1.29 is 0 Å². The van der Waals surface area contributed by atoms with Crippen molar-refractivity contribution in [2.75, 3.05) is 0 Å². The van der Waals surface area contributed by atoms with E-state index < -0.39 is 0 Å². The Labute approximate surface area is 88.8 Å². The molecule has 0 aliphatic rings. The lowest BCUT2D eigenvalue weighted by Gasteiger charge is -2.11. The number of hydrogen-bond acceptors (Lipinski definition) is 1. The van der Waals surface area contributed by atoms with Gasteiger partial charge in [0.1, 0.15) is 0 Å². The maximum atomic E-state index is 5.99. The Kier molecular flexibility index (Phi) is 4.04. The van der Waals surface area contributed by atoms with Gasteiger partial charge in [-0.05, 0) is 30.5 Å². The van der Waals surface area contributed by atoms with Crippen LogP contribution in [0.5, 0.6) is 0 Å². The summed E-state index contributed by atoms with van der Waals surface area (Å²) in [5, 5.41) is 1.41. The van der Waals surface area contributed by atoms with E-state index in [0.29, 0.717) is 10.0 Å². The first-order valence-electron chi connectivity index (χ1n) is 4.33. The molecule has 2 N–H and O–H groups in total. The van der Waals surface area contributed by atoms with Gasteiger partial charge in [-0.25, -0.2) is 0 Å². The fourth-order valence-corrected chi connectivity index (χ4v) is 1.69. The third-order valence-electron chi connectivity index (χ3n) is 2.05. The van der Waals surface area contributed by atoms with Gasteiger partial charge in [-0.15, -0.1) is 0 Å². The molecular weight excluding hydrogens is 205 g/mol. The van der Waals surface area contributed by atoms with Gasteiger partial charge in [0.2, 0.25) is 0 Å². The van der Waals surface area contributed by atoms with Gasteiger partial charge in [0, 0.05) is 16.1 Å². The molecule has 72 valence electrons. The number of hydrogen-bond donors (Lipinski definition) is 1. The monoisotopic (exact) mass is 217 g/mol. The third kappa shape index (κ3) is 2.87. The van der Waals surface area contributed by atoms with Gasteiger partial charge in [-0.3, -0.25) is 0 Å². The lowest BCUT2D eigenvalue weighted by molar-refractivity contribution is 0.646. The van der Waals surface area contributed by atoms with E-state index in [9.17, 15) is 0 Å². The molecule has 3 heteroatoms. The van der Waals surface area contributed by atoms with E-state index in [1.165, 1.54) is 0 Å². The van der Waals surface area contributed by atoms with Gasteiger partial charge in [0.05, 0.1) is 0 Å². The number of halogens is 2. The molecule has 0 spiro atoms. The fraction of sp³-hybridized carbons (Fsp3) is 0.400. The van der Waals surface area contributed by atoms with Gasteiger partial charge in [-0.2, -0.15) is 0 Å². The van der Waals surface area contributed by atoms with Crippen molar-refractivity contribution in [3.63, 3.8) is 0 Å². The van der Waals surface area contributed by atoms with Crippen molar-refractivity contribution in [3.05, 3.63) is 33.8 Å². The Morgan fingerprint density at radius 3 is 2.31 bits per heavy atom. The maximum Gasteiger partial charge on any atom is 0.0453 e. The highest BCUT2D eigenvalue weighted by Crippen LogP contribution is 2.25. The summed E-state index contributed by atoms with van der Waals surface area (Å²) in [5.41, 5.74) is 6.78. The molecule has 0 aliphatic heterocycles. The minimum Gasteiger partial charge on any atom is -0.327 e. The quantitative estimate of drug-likeness (QED) is 0.827. The summed E-state index contributed by atoms with van der Waals surface area (Å²) >= 11 is 12.0. The van der Waals surface area contributed by atoms with Crippen molar-refractivity contribution >= 4 is 23.2 Å². The average molecular weight is 218 g/mol. The smallest absolute Gasteiger partial charge is 0.0453 e. The second-order valence-corrected chi connectivity index (χ2v) is 3.89. The van der Waals surface area contributed by atoms with Gasteiger partial charge in [0.25, 0.3) is 0 Å². The summed E-state index contributed by atoms with van der Waals surface area (Å²) in [6.07, 6.45) is 1.68. The Morgan fingerprint density at radius 2 is 1.85 bits per heavy atom. The predicted molar refractivity (Wildman–Crippen MR) is 58.4 cm³/mol. The summed E-state index contributed by atoms with van der Waals surface area (Å²) in [6.45, 7) is 2.05. The predicted octanol–water partition coefficient (Wildman–Crippen LogP) is 3.27. The van der Waals surface area contributed by atoms with E-state index in [1.807, 2.05) is 18.2 Å². The lowest BCUT2D eigenvalue weighted by atomic mass is 10.0. The molecule has 0 bridgehead atoms. The largest absolute Gasteiger partial charge is 0.327 e. The van der Waals surface area contributed by atoms with Crippen LogP contribution < -0.4 is 5.73 Å². The van der Waals surface area contributed by atoms with Crippen molar-refractivity contribution in [1.29, 1.82) is 0 Å². The van der Waals surface area contributed by atoms with Gasteiger partial charge >= 0.3 is 0 Å². The Morgan fingerprint density at radius 1 is 1.31 bits per heavy atom. The van der Waals surface area contributed by atoms with Crippen molar-refractivity contribution in [2.24, 2.45) is 5.73 Å². The third-order valence-corrected chi connectivity index (χ3v) is 2.76. The molecule has 0 saturated carbocycles. The topological polar surface area (TPSA) is 26.0 Å². The van der Waals surface area contributed by atoms with Crippen molar-refractivity contribution in [1.82, 2.24) is 0 Å². The number of rotatable bonds is 3. The van der Waals surface area contributed by atoms with E-state index in [-0.39, 0.29) is 6.04 Å². The first-order valence-corrected chi connectivity index (χ1v) is 5.09. The zero-order chi connectivity index (χ0) is 9.84. The highest BCUT2D eigenvalue weighted by atomic mass is 35.5. The van der Waals surface area contributed by atoms with Crippen LogP contribution in [0.2, 0.25) is 10.0 Å². The first kappa shape index (κ1) is 10.8. The zero-order valence-corrected chi connectivity index (χ0v) is 9.07. The molecule has 0 amide bonds. The molecule has 0 heterocycles. The molecule has 0 aliphatic carbocycles. The highest BCUT2D eigenvalue weighted by molar-refractivity contribution is 6.35. The standard InChI is InChI=1S/C10H13Cl2N/c1-2-7(13)6-8-9(11)4-3-5-10(8)12/h3-5,7H,2,6,13H2,1H3/t7-/m1/s1. The molecule has 0 saturated heterocycles. The van der Waals surface area contributed by atoms with Crippen LogP contribution in [0.1, 0.15) is 18.9 Å². The van der Waals surface area contributed by atoms with Crippen LogP contribution in [0.3, 0.4) is 0 Å². The van der Waals surface area contributed by atoms with E-state index in [0.717, 1.165) is 18.4 Å². The van der Waals surface area contributed by atoms with Crippen LogP contribution in [-0.4, -0.2) is 6.04 Å². The van der Waals surface area contributed by atoms with E-state index >= 15 is 0 Å². The van der Waals surface area contributed by atoms with Crippen molar-refractivity contribution in [3.8, 4) is 0 Å². The van der Waals surface area contributed by atoms with Gasteiger partial charge < -0.3 is 5.73 Å². The summed E-state index contributed by atoms with van der Waals surface area (Å²) in [5.74, 6) is 0. The minimum absolute atomic E-state index is 0.136. The normalized spacial score (nSPS) is 12.9. The molecule has 1 atom stereocenters. The molecule has 1 rings (SSSR count). The van der Waals surface area contributed by atoms with E-state index in [4.69, 9.17) is 28.9 Å². The lowest BCUT2D eigenvalue weighted by Crippen LogP contribution is -2.21. The summed E-state index contributed by atoms with van der Waals surface area (Å²) in [4.78, 5) is 0. The molecule has 0 aromatic heterocycles. The van der Waals surface area contributed by atoms with Crippen LogP contribution in [-0.2, 0) is 6.42 Å². The second-order valence-electron chi connectivity index (χ2n) is 3.07. The maximum absolute atomic E-state index is 5.99. The summed E-state index contributed by atoms with van der Waals surface area (Å²) in [7, 11) is 0. The molecule has 1 nitrogen and oxygen atoms in total. The molecule has 0 radical (unpaired) electrons. The van der Waals surface area contributed by atoms with Gasteiger partial charge in [0.15, 0.2) is 0 Å². The van der Waals surface area contributed by atoms with Crippen LogP contribution in [0.25, 0.3) is 0 Å². The average Bonchev–Trinajstić information content (AvgIpc) is 2.11. The summed E-state index contributed by atoms with van der Waals surface area (Å²) < 4.78 is 0. The molecule has 0 unspecified atom stereocenters. The molecule has 13 heavy (non-hydrogen) atoms. The highest BCUT2D eigenvalue weighted by Gasteiger charge is 2.08. The second kappa shape index (κ2) is 4.85. The Bertz CT molecular complexity index is 266. The van der Waals surface area contributed by atoms with Gasteiger partial charge in [-0.1, -0.05) is 36.2 Å². The van der Waals surface area contributed by atoms with Crippen LogP contribution >= 0.6 is 23.2 Å². The summed E-state index contributed by atoms with van der Waals surface area (Å²) in [6, 6.07) is 5.65. The van der Waals surface area contributed by atoms with Crippen molar-refractivity contribution in [2.45, 2.75) is 25.8 Å². The SMILES string of the molecule is CC[C@@H](N)Cc1c(Cl)cccc1Cl. The first-order chi connectivity index (χ1) is 6.15. The van der Waals surface area contributed by atoms with Crippen LogP contribution in [0.15, 0.2) is 18.2 Å². The zero-order valence-electron chi connectivity index (χ0n) is 7.56. The number of benzene rings is 1. The van der Waals surface area contributed by atoms with E-state index in [1.54, 1.807) is 0 Å². The molecule has 1 aromatic carbocycles. The number of nitrogens with two attached hydrogens (primary N) is 1. The van der Waals surface area contributed by atoms with Crippen LogP contribution in [0.4, 0.5) is 0 Å².